The van der Waals surface area contributed by atoms with Crippen molar-refractivity contribution in [1.29, 1.82) is 0 Å². The Hall–Kier alpha value is -0.830. The third kappa shape index (κ3) is 4.09. The highest BCUT2D eigenvalue weighted by molar-refractivity contribution is 5.79. The highest BCUT2D eigenvalue weighted by Crippen LogP contribution is 2.25. The van der Waals surface area contributed by atoms with Crippen molar-refractivity contribution in [1.82, 2.24) is 9.80 Å². The molecular formula is C18H30N2O. The van der Waals surface area contributed by atoms with Crippen molar-refractivity contribution < 1.29 is 4.79 Å². The minimum atomic E-state index is 0.311. The van der Waals surface area contributed by atoms with Crippen LogP contribution >= 0.6 is 0 Å². The van der Waals surface area contributed by atoms with Gasteiger partial charge in [-0.1, -0.05) is 12.2 Å². The first-order valence-electron chi connectivity index (χ1n) is 8.99. The fourth-order valence-electron chi connectivity index (χ4n) is 4.12. The molecule has 3 heteroatoms. The molecule has 2 fully saturated rings. The molecule has 2 saturated heterocycles. The van der Waals surface area contributed by atoms with Crippen LogP contribution < -0.4 is 0 Å². The number of hydrogen-bond donors (Lipinski definition) is 0. The van der Waals surface area contributed by atoms with E-state index in [1.54, 1.807) is 0 Å². The first-order chi connectivity index (χ1) is 10.3. The Balaban J connectivity index is 1.41. The van der Waals surface area contributed by atoms with Crippen LogP contribution in [0.1, 0.15) is 51.4 Å². The zero-order chi connectivity index (χ0) is 14.5. The molecule has 2 heterocycles. The molecule has 3 aliphatic rings. The van der Waals surface area contributed by atoms with E-state index >= 15 is 0 Å². The van der Waals surface area contributed by atoms with E-state index in [1.807, 2.05) is 0 Å². The third-order valence-corrected chi connectivity index (χ3v) is 5.50. The monoisotopic (exact) mass is 290 g/mol. The van der Waals surface area contributed by atoms with Gasteiger partial charge in [0.25, 0.3) is 0 Å². The summed E-state index contributed by atoms with van der Waals surface area (Å²) in [6.07, 6.45) is 14.4. The van der Waals surface area contributed by atoms with Crippen molar-refractivity contribution in [2.45, 2.75) is 51.4 Å². The lowest BCUT2D eigenvalue weighted by atomic mass is 9.91. The Morgan fingerprint density at radius 3 is 2.38 bits per heavy atom. The molecule has 0 aromatic heterocycles. The number of amides is 1. The Morgan fingerprint density at radius 1 is 0.952 bits per heavy atom. The highest BCUT2D eigenvalue weighted by Gasteiger charge is 2.29. The molecule has 3 rings (SSSR count). The number of carbonyl (C=O) groups is 1. The predicted octanol–water partition coefficient (Wildman–Crippen LogP) is 3.07. The van der Waals surface area contributed by atoms with Gasteiger partial charge in [-0.3, -0.25) is 4.79 Å². The van der Waals surface area contributed by atoms with Gasteiger partial charge in [0.2, 0.25) is 5.91 Å². The molecule has 0 N–H and O–H groups in total. The number of likely N-dealkylation sites (tertiary alicyclic amines) is 2. The van der Waals surface area contributed by atoms with Gasteiger partial charge in [-0.15, -0.1) is 0 Å². The van der Waals surface area contributed by atoms with Crippen LogP contribution in [-0.4, -0.2) is 48.4 Å². The van der Waals surface area contributed by atoms with E-state index in [0.29, 0.717) is 11.8 Å². The summed E-state index contributed by atoms with van der Waals surface area (Å²) < 4.78 is 0. The second-order valence-electron chi connectivity index (χ2n) is 7.11. The molecule has 0 bridgehead atoms. The predicted molar refractivity (Wildman–Crippen MR) is 86.1 cm³/mol. The standard InChI is InChI=1S/C18H30N2O/c21-18(20-11-5-2-6-12-20)17-9-13-19(14-10-17)15-16-7-3-1-4-8-16/h1,3,16-17H,2,4-15H2/t16-/m0/s1. The number of carbonyl (C=O) groups excluding carboxylic acids is 1. The highest BCUT2D eigenvalue weighted by atomic mass is 16.2. The average Bonchev–Trinajstić information content (AvgIpc) is 2.57. The van der Waals surface area contributed by atoms with E-state index in [-0.39, 0.29) is 0 Å². The van der Waals surface area contributed by atoms with Crippen molar-refractivity contribution in [3.63, 3.8) is 0 Å². The fraction of sp³-hybridized carbons (Fsp3) is 0.833. The summed E-state index contributed by atoms with van der Waals surface area (Å²) in [6.45, 7) is 5.52. The van der Waals surface area contributed by atoms with E-state index in [4.69, 9.17) is 0 Å². The molecular weight excluding hydrogens is 260 g/mol. The minimum Gasteiger partial charge on any atom is -0.342 e. The molecule has 1 aliphatic carbocycles. The summed E-state index contributed by atoms with van der Waals surface area (Å²) in [5.74, 6) is 1.62. The fourth-order valence-corrected chi connectivity index (χ4v) is 4.12. The second-order valence-corrected chi connectivity index (χ2v) is 7.11. The summed E-state index contributed by atoms with van der Waals surface area (Å²) >= 11 is 0. The maximum atomic E-state index is 12.5. The van der Waals surface area contributed by atoms with Gasteiger partial charge >= 0.3 is 0 Å². The number of piperidine rings is 2. The Morgan fingerprint density at radius 2 is 1.71 bits per heavy atom. The number of rotatable bonds is 3. The summed E-state index contributed by atoms with van der Waals surface area (Å²) in [4.78, 5) is 17.3. The average molecular weight is 290 g/mol. The Labute approximate surface area is 129 Å². The third-order valence-electron chi connectivity index (χ3n) is 5.50. The molecule has 0 saturated carbocycles. The molecule has 1 atom stereocenters. The lowest BCUT2D eigenvalue weighted by molar-refractivity contribution is -0.138. The van der Waals surface area contributed by atoms with Gasteiger partial charge in [0.05, 0.1) is 0 Å². The van der Waals surface area contributed by atoms with Crippen molar-refractivity contribution in [3.05, 3.63) is 12.2 Å². The van der Waals surface area contributed by atoms with E-state index < -0.39 is 0 Å². The van der Waals surface area contributed by atoms with Crippen LogP contribution in [0, 0.1) is 11.8 Å². The van der Waals surface area contributed by atoms with Crippen LogP contribution in [0.2, 0.25) is 0 Å². The maximum absolute atomic E-state index is 12.5. The summed E-state index contributed by atoms with van der Waals surface area (Å²) in [6, 6.07) is 0. The minimum absolute atomic E-state index is 0.311. The number of nitrogens with zero attached hydrogens (tertiary/aromatic N) is 2. The van der Waals surface area contributed by atoms with Gasteiger partial charge in [0, 0.05) is 25.6 Å². The zero-order valence-electron chi connectivity index (χ0n) is 13.3. The Kier molecular flexibility index (Phi) is 5.34. The zero-order valence-corrected chi connectivity index (χ0v) is 13.3. The largest absolute Gasteiger partial charge is 0.342 e. The van der Waals surface area contributed by atoms with Gasteiger partial charge in [0.15, 0.2) is 0 Å². The molecule has 0 radical (unpaired) electrons. The molecule has 118 valence electrons. The normalized spacial score (nSPS) is 28.8. The topological polar surface area (TPSA) is 23.6 Å². The van der Waals surface area contributed by atoms with Crippen LogP contribution in [0.3, 0.4) is 0 Å². The van der Waals surface area contributed by atoms with Gasteiger partial charge in [-0.25, -0.2) is 0 Å². The van der Waals surface area contributed by atoms with Crippen molar-refractivity contribution >= 4 is 5.91 Å². The van der Waals surface area contributed by atoms with Crippen LogP contribution in [-0.2, 0) is 4.79 Å². The quantitative estimate of drug-likeness (QED) is 0.746. The van der Waals surface area contributed by atoms with Crippen LogP contribution in [0.15, 0.2) is 12.2 Å². The number of allylic oxidation sites excluding steroid dienone is 2. The SMILES string of the molecule is O=C(C1CCN(C[C@H]2CC=CCC2)CC1)N1CCCCC1. The molecule has 3 nitrogen and oxygen atoms in total. The Bertz CT molecular complexity index is 365. The van der Waals surface area contributed by atoms with E-state index in [9.17, 15) is 4.79 Å². The molecule has 0 aromatic rings. The van der Waals surface area contributed by atoms with Gasteiger partial charge < -0.3 is 9.80 Å². The van der Waals surface area contributed by atoms with Crippen LogP contribution in [0.5, 0.6) is 0 Å². The van der Waals surface area contributed by atoms with E-state index in [1.165, 1.54) is 45.1 Å². The molecule has 21 heavy (non-hydrogen) atoms. The van der Waals surface area contributed by atoms with Crippen LogP contribution in [0.4, 0.5) is 0 Å². The first kappa shape index (κ1) is 15.1. The maximum Gasteiger partial charge on any atom is 0.225 e. The smallest absolute Gasteiger partial charge is 0.225 e. The van der Waals surface area contributed by atoms with Crippen LogP contribution in [0.25, 0.3) is 0 Å². The molecule has 0 spiro atoms. The first-order valence-corrected chi connectivity index (χ1v) is 8.99. The molecule has 0 aromatic carbocycles. The molecule has 1 amide bonds. The van der Waals surface area contributed by atoms with E-state index in [0.717, 1.165) is 44.9 Å². The second kappa shape index (κ2) is 7.44. The molecule has 0 unspecified atom stereocenters. The molecule has 2 aliphatic heterocycles. The van der Waals surface area contributed by atoms with Gasteiger partial charge in [0.1, 0.15) is 0 Å². The van der Waals surface area contributed by atoms with Gasteiger partial charge in [-0.05, 0) is 70.4 Å². The summed E-state index contributed by atoms with van der Waals surface area (Å²) in [5, 5.41) is 0. The summed E-state index contributed by atoms with van der Waals surface area (Å²) in [5.41, 5.74) is 0. The lowest BCUT2D eigenvalue weighted by Crippen LogP contribution is -2.45. The lowest BCUT2D eigenvalue weighted by Gasteiger charge is -2.37. The van der Waals surface area contributed by atoms with Gasteiger partial charge in [-0.2, -0.15) is 0 Å². The number of hydrogen-bond acceptors (Lipinski definition) is 2. The van der Waals surface area contributed by atoms with E-state index in [2.05, 4.69) is 22.0 Å². The van der Waals surface area contributed by atoms with Crippen molar-refractivity contribution in [3.8, 4) is 0 Å². The van der Waals surface area contributed by atoms with Crippen molar-refractivity contribution in [2.75, 3.05) is 32.7 Å². The van der Waals surface area contributed by atoms with Crippen molar-refractivity contribution in [2.24, 2.45) is 11.8 Å². The summed E-state index contributed by atoms with van der Waals surface area (Å²) in [7, 11) is 0.